The van der Waals surface area contributed by atoms with Gasteiger partial charge in [0.15, 0.2) is 0 Å². The third-order valence-corrected chi connectivity index (χ3v) is 6.46. The molecule has 1 aliphatic carbocycles. The van der Waals surface area contributed by atoms with E-state index in [1.54, 1.807) is 18.7 Å². The lowest BCUT2D eigenvalue weighted by molar-refractivity contribution is 0.567. The van der Waals surface area contributed by atoms with Crippen LogP contribution in [0.1, 0.15) is 38.1 Å². The number of rotatable bonds is 8. The Balaban J connectivity index is 2.12. The number of aromatic amines is 1. The average molecular weight is 332 g/mol. The molecule has 8 heteroatoms. The van der Waals surface area contributed by atoms with E-state index in [1.807, 2.05) is 20.1 Å². The third kappa shape index (κ3) is 4.45. The van der Waals surface area contributed by atoms with Crippen LogP contribution < -0.4 is 10.0 Å². The number of H-pyrrole nitrogens is 1. The molecule has 3 N–H and O–H groups in total. The second kappa shape index (κ2) is 6.28. The Morgan fingerprint density at radius 3 is 2.67 bits per heavy atom. The predicted octanol–water partition coefficient (Wildman–Crippen LogP) is 1.39. The van der Waals surface area contributed by atoms with Crippen LogP contribution in [0.5, 0.6) is 0 Å². The molecule has 6 nitrogen and oxygen atoms in total. The van der Waals surface area contributed by atoms with Crippen LogP contribution in [-0.2, 0) is 16.6 Å². The fourth-order valence-electron chi connectivity index (χ4n) is 1.89. The zero-order chi connectivity index (χ0) is 15.7. The van der Waals surface area contributed by atoms with Gasteiger partial charge in [0, 0.05) is 23.9 Å². The molecule has 0 amide bonds. The minimum absolute atomic E-state index is 0.142. The first-order valence-electron chi connectivity index (χ1n) is 7.07. The van der Waals surface area contributed by atoms with Gasteiger partial charge in [-0.2, -0.15) is 16.9 Å². The summed E-state index contributed by atoms with van der Waals surface area (Å²) in [4.78, 5) is 0.285. The predicted molar refractivity (Wildman–Crippen MR) is 86.0 cm³/mol. The minimum atomic E-state index is -3.55. The number of aromatic nitrogens is 2. The SMILES string of the molecule is CSC(C)(C)CNS(=O)(=O)c1c(CNC2CC2)n[nH]c1C. The molecule has 1 aromatic rings. The molecule has 1 aliphatic rings. The van der Waals surface area contributed by atoms with Crippen LogP contribution in [0.3, 0.4) is 0 Å². The number of nitrogens with zero attached hydrogens (tertiary/aromatic N) is 1. The zero-order valence-electron chi connectivity index (χ0n) is 13.0. The highest BCUT2D eigenvalue weighted by Gasteiger charge is 2.28. The molecule has 1 saturated carbocycles. The first kappa shape index (κ1) is 16.8. The number of thioether (sulfide) groups is 1. The quantitative estimate of drug-likeness (QED) is 0.670. The Morgan fingerprint density at radius 2 is 2.10 bits per heavy atom. The normalized spacial score (nSPS) is 16.4. The average Bonchev–Trinajstić information content (AvgIpc) is 3.17. The molecule has 2 rings (SSSR count). The van der Waals surface area contributed by atoms with Gasteiger partial charge in [-0.05, 0) is 39.9 Å². The molecule has 0 aromatic carbocycles. The first-order valence-corrected chi connectivity index (χ1v) is 9.78. The van der Waals surface area contributed by atoms with E-state index in [2.05, 4.69) is 20.2 Å². The summed E-state index contributed by atoms with van der Waals surface area (Å²) in [5.74, 6) is 0. The second-order valence-corrected chi connectivity index (χ2v) is 9.29. The molecule has 1 aromatic heterocycles. The molecule has 1 fully saturated rings. The van der Waals surface area contributed by atoms with Gasteiger partial charge in [0.2, 0.25) is 10.0 Å². The summed E-state index contributed by atoms with van der Waals surface area (Å²) in [5, 5.41) is 10.2. The highest BCUT2D eigenvalue weighted by Crippen LogP contribution is 2.24. The lowest BCUT2D eigenvalue weighted by Gasteiger charge is -2.22. The van der Waals surface area contributed by atoms with E-state index in [9.17, 15) is 8.42 Å². The fourth-order valence-corrected chi connectivity index (χ4v) is 3.77. The van der Waals surface area contributed by atoms with Crippen LogP contribution >= 0.6 is 11.8 Å². The van der Waals surface area contributed by atoms with Crippen LogP contribution in [0.15, 0.2) is 4.90 Å². The molecule has 0 unspecified atom stereocenters. The van der Waals surface area contributed by atoms with Crippen molar-refractivity contribution in [2.45, 2.75) is 55.8 Å². The molecule has 0 atom stereocenters. The van der Waals surface area contributed by atoms with E-state index >= 15 is 0 Å². The van der Waals surface area contributed by atoms with E-state index in [4.69, 9.17) is 0 Å². The van der Waals surface area contributed by atoms with Gasteiger partial charge < -0.3 is 5.32 Å². The lowest BCUT2D eigenvalue weighted by Crippen LogP contribution is -2.36. The Hall–Kier alpha value is -0.570. The summed E-state index contributed by atoms with van der Waals surface area (Å²) in [7, 11) is -3.55. The van der Waals surface area contributed by atoms with Crippen LogP contribution in [0.4, 0.5) is 0 Å². The van der Waals surface area contributed by atoms with Gasteiger partial charge in [-0.15, -0.1) is 0 Å². The molecule has 1 heterocycles. The van der Waals surface area contributed by atoms with Gasteiger partial charge >= 0.3 is 0 Å². The minimum Gasteiger partial charge on any atom is -0.308 e. The summed E-state index contributed by atoms with van der Waals surface area (Å²) in [6.45, 7) is 6.63. The van der Waals surface area contributed by atoms with Crippen molar-refractivity contribution in [3.05, 3.63) is 11.4 Å². The van der Waals surface area contributed by atoms with Gasteiger partial charge in [0.05, 0.1) is 11.4 Å². The molecule has 21 heavy (non-hydrogen) atoms. The number of hydrogen-bond donors (Lipinski definition) is 3. The van der Waals surface area contributed by atoms with Crippen molar-refractivity contribution >= 4 is 21.8 Å². The topological polar surface area (TPSA) is 86.9 Å². The Morgan fingerprint density at radius 1 is 1.43 bits per heavy atom. The molecular weight excluding hydrogens is 308 g/mol. The smallest absolute Gasteiger partial charge is 0.244 e. The van der Waals surface area contributed by atoms with Crippen molar-refractivity contribution in [1.82, 2.24) is 20.2 Å². The Labute approximate surface area is 130 Å². The fraction of sp³-hybridized carbons (Fsp3) is 0.769. The van der Waals surface area contributed by atoms with E-state index in [-0.39, 0.29) is 9.64 Å². The molecule has 0 spiro atoms. The van der Waals surface area contributed by atoms with Crippen molar-refractivity contribution in [2.75, 3.05) is 12.8 Å². The molecular formula is C13H24N4O2S2. The number of nitrogens with one attached hydrogen (secondary N) is 3. The summed E-state index contributed by atoms with van der Waals surface area (Å²) in [6.07, 6.45) is 4.29. The highest BCUT2D eigenvalue weighted by molar-refractivity contribution is 8.00. The number of hydrogen-bond acceptors (Lipinski definition) is 5. The highest BCUT2D eigenvalue weighted by atomic mass is 32.2. The molecule has 0 saturated heterocycles. The van der Waals surface area contributed by atoms with E-state index in [0.717, 1.165) is 12.8 Å². The lowest BCUT2D eigenvalue weighted by atomic mass is 10.2. The molecule has 0 aliphatic heterocycles. The van der Waals surface area contributed by atoms with Gasteiger partial charge in [0.1, 0.15) is 4.90 Å². The van der Waals surface area contributed by atoms with Crippen LogP contribution in [0, 0.1) is 6.92 Å². The maximum atomic E-state index is 12.5. The van der Waals surface area contributed by atoms with Gasteiger partial charge in [-0.25, -0.2) is 13.1 Å². The van der Waals surface area contributed by atoms with Crippen LogP contribution in [0.2, 0.25) is 0 Å². The summed E-state index contributed by atoms with van der Waals surface area (Å²) >= 11 is 1.63. The van der Waals surface area contributed by atoms with Crippen LogP contribution in [-0.4, -0.2) is 42.2 Å². The largest absolute Gasteiger partial charge is 0.308 e. The molecule has 0 radical (unpaired) electrons. The van der Waals surface area contributed by atoms with Crippen molar-refractivity contribution in [2.24, 2.45) is 0 Å². The molecule has 120 valence electrons. The number of aryl methyl sites for hydroxylation is 1. The van der Waals surface area contributed by atoms with Gasteiger partial charge in [-0.1, -0.05) is 0 Å². The van der Waals surface area contributed by atoms with Crippen molar-refractivity contribution < 1.29 is 8.42 Å². The van der Waals surface area contributed by atoms with Crippen molar-refractivity contribution in [1.29, 1.82) is 0 Å². The second-order valence-electron chi connectivity index (χ2n) is 6.07. The zero-order valence-corrected chi connectivity index (χ0v) is 14.6. The summed E-state index contributed by atoms with van der Waals surface area (Å²) < 4.78 is 27.7. The molecule has 0 bridgehead atoms. The van der Waals surface area contributed by atoms with Crippen LogP contribution in [0.25, 0.3) is 0 Å². The Bertz CT molecular complexity index is 591. The maximum Gasteiger partial charge on any atom is 0.244 e. The van der Waals surface area contributed by atoms with E-state index in [0.29, 0.717) is 30.5 Å². The number of sulfonamides is 1. The summed E-state index contributed by atoms with van der Waals surface area (Å²) in [5.41, 5.74) is 1.14. The third-order valence-electron chi connectivity index (χ3n) is 3.61. The van der Waals surface area contributed by atoms with E-state index < -0.39 is 10.0 Å². The first-order chi connectivity index (χ1) is 9.75. The van der Waals surface area contributed by atoms with Crippen molar-refractivity contribution in [3.63, 3.8) is 0 Å². The monoisotopic (exact) mass is 332 g/mol. The Kier molecular flexibility index (Phi) is 5.02. The van der Waals surface area contributed by atoms with Crippen molar-refractivity contribution in [3.8, 4) is 0 Å². The van der Waals surface area contributed by atoms with Gasteiger partial charge in [-0.3, -0.25) is 5.10 Å². The van der Waals surface area contributed by atoms with Gasteiger partial charge in [0.25, 0.3) is 0 Å². The maximum absolute atomic E-state index is 12.5. The van der Waals surface area contributed by atoms with E-state index in [1.165, 1.54) is 0 Å². The summed E-state index contributed by atoms with van der Waals surface area (Å²) in [6, 6.07) is 0.515. The standard InChI is InChI=1S/C13H24N4O2S2/c1-9-12(11(17-16-9)7-14-10-5-6-10)21(18,19)15-8-13(2,3)20-4/h10,14-15H,5-8H2,1-4H3,(H,16,17).